The van der Waals surface area contributed by atoms with Crippen molar-refractivity contribution < 1.29 is 23.9 Å². The third kappa shape index (κ3) is 6.77. The Bertz CT molecular complexity index is 367. The van der Waals surface area contributed by atoms with Crippen LogP contribution in [0.15, 0.2) is 0 Å². The number of ether oxygens (including phenoxy) is 2. The van der Waals surface area contributed by atoms with Gasteiger partial charge in [0.25, 0.3) is 0 Å². The molecule has 0 aromatic heterocycles. The molecular weight excluding hydrogens is 276 g/mol. The van der Waals surface area contributed by atoms with E-state index in [1.54, 1.807) is 5.06 Å². The number of alkyl carbamates (subject to hydrolysis) is 1. The van der Waals surface area contributed by atoms with Crippen molar-refractivity contribution in [3.05, 3.63) is 0 Å². The predicted octanol–water partition coefficient (Wildman–Crippen LogP) is 1.33. The van der Waals surface area contributed by atoms with Crippen molar-refractivity contribution in [2.45, 2.75) is 45.8 Å². The summed E-state index contributed by atoms with van der Waals surface area (Å²) in [6.07, 6.45) is 0.188. The van der Waals surface area contributed by atoms with Crippen molar-refractivity contribution in [1.29, 1.82) is 0 Å². The van der Waals surface area contributed by atoms with E-state index in [9.17, 15) is 9.59 Å². The lowest BCUT2D eigenvalue weighted by Gasteiger charge is -2.32. The molecule has 1 aliphatic heterocycles. The van der Waals surface area contributed by atoms with E-state index in [1.807, 2.05) is 27.7 Å². The largest absolute Gasteiger partial charge is 0.469 e. The van der Waals surface area contributed by atoms with Gasteiger partial charge in [-0.25, -0.2) is 4.79 Å². The first-order chi connectivity index (χ1) is 9.71. The zero-order chi connectivity index (χ0) is 16.0. The van der Waals surface area contributed by atoms with Gasteiger partial charge in [0, 0.05) is 19.1 Å². The molecule has 0 spiro atoms. The van der Waals surface area contributed by atoms with Gasteiger partial charge in [0.15, 0.2) is 0 Å². The van der Waals surface area contributed by atoms with Gasteiger partial charge >= 0.3 is 12.1 Å². The summed E-state index contributed by atoms with van der Waals surface area (Å²) in [5.74, 6) is -0.409. The molecule has 7 heteroatoms. The average Bonchev–Trinajstić information content (AvgIpc) is 2.35. The van der Waals surface area contributed by atoms with Crippen LogP contribution in [0.3, 0.4) is 0 Å². The first-order valence-corrected chi connectivity index (χ1v) is 7.16. The smallest absolute Gasteiger partial charge is 0.407 e. The van der Waals surface area contributed by atoms with Gasteiger partial charge in [-0.05, 0) is 34.1 Å². The number of carbonyl (C=O) groups excluding carboxylic acids is 2. The molecule has 2 atom stereocenters. The quantitative estimate of drug-likeness (QED) is 0.789. The van der Waals surface area contributed by atoms with Crippen molar-refractivity contribution in [2.75, 3.05) is 26.8 Å². The number of hydrogen-bond acceptors (Lipinski definition) is 6. The number of nitrogens with one attached hydrogen (secondary N) is 1. The van der Waals surface area contributed by atoms with Crippen LogP contribution in [0.25, 0.3) is 0 Å². The second-order valence-corrected chi connectivity index (χ2v) is 6.24. The maximum atomic E-state index is 11.7. The number of rotatable bonds is 4. The van der Waals surface area contributed by atoms with E-state index in [-0.39, 0.29) is 17.9 Å². The van der Waals surface area contributed by atoms with Crippen LogP contribution in [0, 0.1) is 5.92 Å². The highest BCUT2D eigenvalue weighted by molar-refractivity contribution is 5.72. The first kappa shape index (κ1) is 17.7. The Morgan fingerprint density at radius 1 is 1.43 bits per heavy atom. The van der Waals surface area contributed by atoms with Crippen LogP contribution >= 0.6 is 0 Å². The van der Waals surface area contributed by atoms with Gasteiger partial charge in [-0.1, -0.05) is 0 Å². The molecule has 122 valence electrons. The topological polar surface area (TPSA) is 77.1 Å². The number of methoxy groups -OCH3 is 1. The third-order valence-corrected chi connectivity index (χ3v) is 2.94. The van der Waals surface area contributed by atoms with E-state index < -0.39 is 11.7 Å². The van der Waals surface area contributed by atoms with E-state index >= 15 is 0 Å². The lowest BCUT2D eigenvalue weighted by molar-refractivity contribution is -0.204. The molecule has 21 heavy (non-hydrogen) atoms. The van der Waals surface area contributed by atoms with Crippen molar-refractivity contribution in [1.82, 2.24) is 10.4 Å². The minimum atomic E-state index is -0.526. The molecule has 0 radical (unpaired) electrons. The van der Waals surface area contributed by atoms with Crippen LogP contribution in [-0.4, -0.2) is 55.6 Å². The predicted molar refractivity (Wildman–Crippen MR) is 76.5 cm³/mol. The Morgan fingerprint density at radius 3 is 2.67 bits per heavy atom. The maximum Gasteiger partial charge on any atom is 0.407 e. The van der Waals surface area contributed by atoms with E-state index in [2.05, 4.69) is 5.32 Å². The van der Waals surface area contributed by atoms with Gasteiger partial charge in [-0.2, -0.15) is 5.06 Å². The lowest BCUT2D eigenvalue weighted by Crippen LogP contribution is -2.47. The molecule has 1 rings (SSSR count). The molecule has 1 saturated heterocycles. The number of hydrogen-bond donors (Lipinski definition) is 1. The zero-order valence-electron chi connectivity index (χ0n) is 13.5. The Labute approximate surface area is 125 Å². The maximum absolute atomic E-state index is 11.7. The third-order valence-electron chi connectivity index (χ3n) is 2.94. The molecule has 1 amide bonds. The molecule has 0 aromatic carbocycles. The highest BCUT2D eigenvalue weighted by Crippen LogP contribution is 2.15. The van der Waals surface area contributed by atoms with Crippen LogP contribution in [0.4, 0.5) is 4.79 Å². The number of nitrogens with zero attached hydrogens (tertiary/aromatic N) is 1. The zero-order valence-corrected chi connectivity index (χ0v) is 13.5. The Hall–Kier alpha value is -1.34. The highest BCUT2D eigenvalue weighted by atomic mass is 16.7. The number of hydroxylamine groups is 2. The fourth-order valence-corrected chi connectivity index (χ4v) is 2.06. The lowest BCUT2D eigenvalue weighted by atomic mass is 10.1. The van der Waals surface area contributed by atoms with Crippen LogP contribution in [0.1, 0.15) is 34.1 Å². The minimum absolute atomic E-state index is 0.156. The average molecular weight is 302 g/mol. The summed E-state index contributed by atoms with van der Waals surface area (Å²) >= 11 is 0. The van der Waals surface area contributed by atoms with Crippen LogP contribution in [0.2, 0.25) is 0 Å². The number of esters is 1. The van der Waals surface area contributed by atoms with Crippen molar-refractivity contribution in [3.63, 3.8) is 0 Å². The van der Waals surface area contributed by atoms with Gasteiger partial charge in [0.2, 0.25) is 0 Å². The standard InChI is InChI=1S/C14H26N2O5/c1-10(15-13(18)21-14(2,3)4)8-16-9-11(6-7-20-16)12(17)19-5/h10-11H,6-9H2,1-5H3,(H,15,18)/t10-,11?/m0/s1. The molecule has 1 aliphatic rings. The highest BCUT2D eigenvalue weighted by Gasteiger charge is 2.28. The van der Waals surface area contributed by atoms with E-state index in [0.29, 0.717) is 26.1 Å². The molecule has 7 nitrogen and oxygen atoms in total. The molecular formula is C14H26N2O5. The molecule has 1 fully saturated rings. The van der Waals surface area contributed by atoms with Gasteiger partial charge in [-0.15, -0.1) is 0 Å². The number of amides is 1. The second-order valence-electron chi connectivity index (χ2n) is 6.24. The summed E-state index contributed by atoms with van der Waals surface area (Å²) in [5, 5.41) is 4.43. The van der Waals surface area contributed by atoms with Gasteiger partial charge in [0.1, 0.15) is 5.60 Å². The monoisotopic (exact) mass is 302 g/mol. The molecule has 1 unspecified atom stereocenters. The summed E-state index contributed by atoms with van der Waals surface area (Å²) in [6, 6.07) is -0.156. The second kappa shape index (κ2) is 7.61. The van der Waals surface area contributed by atoms with Crippen molar-refractivity contribution in [2.24, 2.45) is 5.92 Å². The molecule has 0 aliphatic carbocycles. The summed E-state index contributed by atoms with van der Waals surface area (Å²) in [7, 11) is 1.38. The van der Waals surface area contributed by atoms with Gasteiger partial charge < -0.3 is 14.8 Å². The summed E-state index contributed by atoms with van der Waals surface area (Å²) < 4.78 is 9.94. The number of carbonyl (C=O) groups is 2. The van der Waals surface area contributed by atoms with E-state index in [0.717, 1.165) is 0 Å². The fourth-order valence-electron chi connectivity index (χ4n) is 2.06. The van der Waals surface area contributed by atoms with Crippen molar-refractivity contribution >= 4 is 12.1 Å². The molecule has 1 heterocycles. The Balaban J connectivity index is 2.38. The van der Waals surface area contributed by atoms with E-state index in [4.69, 9.17) is 14.3 Å². The molecule has 0 saturated carbocycles. The minimum Gasteiger partial charge on any atom is -0.469 e. The fraction of sp³-hybridized carbons (Fsp3) is 0.857. The Kier molecular flexibility index (Phi) is 6.42. The van der Waals surface area contributed by atoms with Gasteiger partial charge in [-0.3, -0.25) is 9.63 Å². The SMILES string of the molecule is COC(=O)C1CCON(C[C@H](C)NC(=O)OC(C)(C)C)C1. The van der Waals surface area contributed by atoms with Gasteiger partial charge in [0.05, 0.1) is 19.6 Å². The molecule has 1 N–H and O–H groups in total. The molecule has 0 aromatic rings. The van der Waals surface area contributed by atoms with Crippen LogP contribution < -0.4 is 5.32 Å². The molecule has 0 bridgehead atoms. The van der Waals surface area contributed by atoms with Crippen LogP contribution in [-0.2, 0) is 19.1 Å². The van der Waals surface area contributed by atoms with Crippen molar-refractivity contribution in [3.8, 4) is 0 Å². The van der Waals surface area contributed by atoms with Crippen LogP contribution in [0.5, 0.6) is 0 Å². The summed E-state index contributed by atoms with van der Waals surface area (Å²) in [6.45, 7) is 8.71. The van der Waals surface area contributed by atoms with E-state index in [1.165, 1.54) is 7.11 Å². The normalized spacial score (nSPS) is 21.5. The first-order valence-electron chi connectivity index (χ1n) is 7.16. The summed E-state index contributed by atoms with van der Waals surface area (Å²) in [4.78, 5) is 28.7. The summed E-state index contributed by atoms with van der Waals surface area (Å²) in [5.41, 5.74) is -0.526. The Morgan fingerprint density at radius 2 is 2.10 bits per heavy atom.